The van der Waals surface area contributed by atoms with E-state index in [9.17, 15) is 0 Å². The Hall–Kier alpha value is -0.580. The van der Waals surface area contributed by atoms with E-state index in [-0.39, 0.29) is 0 Å². The molecule has 1 aromatic carbocycles. The van der Waals surface area contributed by atoms with Crippen LogP contribution >= 0.6 is 15.9 Å². The number of methoxy groups -OCH3 is 1. The van der Waals surface area contributed by atoms with Crippen molar-refractivity contribution in [3.05, 3.63) is 28.2 Å². The van der Waals surface area contributed by atoms with Crippen molar-refractivity contribution >= 4 is 21.6 Å². The van der Waals surface area contributed by atoms with E-state index in [1.165, 1.54) is 24.1 Å². The summed E-state index contributed by atoms with van der Waals surface area (Å²) in [5.41, 5.74) is 2.62. The van der Waals surface area contributed by atoms with Gasteiger partial charge in [0.2, 0.25) is 0 Å². The van der Waals surface area contributed by atoms with Gasteiger partial charge in [-0.1, -0.05) is 35.3 Å². The molecule has 0 saturated carbocycles. The smallest absolute Gasteiger partial charge is 0.0587 e. The van der Waals surface area contributed by atoms with Gasteiger partial charge in [-0.2, -0.15) is 0 Å². The molecule has 1 aromatic rings. The highest BCUT2D eigenvalue weighted by Gasteiger charge is 2.13. The summed E-state index contributed by atoms with van der Waals surface area (Å²) < 4.78 is 6.19. The number of ether oxygens (including phenoxy) is 1. The van der Waals surface area contributed by atoms with Gasteiger partial charge in [-0.15, -0.1) is 0 Å². The summed E-state index contributed by atoms with van der Waals surface area (Å²) in [4.78, 5) is 2.38. The van der Waals surface area contributed by atoms with Crippen molar-refractivity contribution in [2.75, 3.05) is 32.2 Å². The normalized spacial score (nSPS) is 12.4. The van der Waals surface area contributed by atoms with Gasteiger partial charge in [-0.3, -0.25) is 0 Å². The lowest BCUT2D eigenvalue weighted by Gasteiger charge is -2.29. The summed E-state index contributed by atoms with van der Waals surface area (Å²) in [5.74, 6) is 0. The predicted octanol–water partition coefficient (Wildman–Crippen LogP) is 3.81. The van der Waals surface area contributed by atoms with E-state index >= 15 is 0 Å². The average Bonchev–Trinajstić information content (AvgIpc) is 2.44. The Morgan fingerprint density at radius 1 is 1.40 bits per heavy atom. The van der Waals surface area contributed by atoms with Gasteiger partial charge in [0.25, 0.3) is 0 Å². The maximum absolute atomic E-state index is 5.07. The molecule has 0 aromatic heterocycles. The highest BCUT2D eigenvalue weighted by Crippen LogP contribution is 2.26. The molecule has 0 aliphatic rings. The second-order valence-corrected chi connectivity index (χ2v) is 6.11. The molecule has 1 atom stereocenters. The number of rotatable bonds is 9. The molecule has 0 amide bonds. The van der Waals surface area contributed by atoms with Gasteiger partial charge in [0, 0.05) is 43.4 Å². The van der Waals surface area contributed by atoms with E-state index < -0.39 is 0 Å². The van der Waals surface area contributed by atoms with Crippen LogP contribution in [0.2, 0.25) is 0 Å². The van der Waals surface area contributed by atoms with Crippen LogP contribution in [0, 0.1) is 0 Å². The third-order valence-corrected chi connectivity index (χ3v) is 4.09. The van der Waals surface area contributed by atoms with Crippen LogP contribution < -0.4 is 10.2 Å². The molecule has 0 aliphatic carbocycles. The predicted molar refractivity (Wildman–Crippen MR) is 90.5 cm³/mol. The summed E-state index contributed by atoms with van der Waals surface area (Å²) in [6, 6.07) is 7.05. The minimum atomic E-state index is 0.548. The number of hydrogen-bond acceptors (Lipinski definition) is 3. The topological polar surface area (TPSA) is 24.5 Å². The largest absolute Gasteiger partial charge is 0.383 e. The Bertz CT molecular complexity index is 398. The monoisotopic (exact) mass is 342 g/mol. The first-order chi connectivity index (χ1) is 9.60. The molecule has 0 spiro atoms. The Morgan fingerprint density at radius 3 is 2.80 bits per heavy atom. The van der Waals surface area contributed by atoms with Crippen molar-refractivity contribution in [1.82, 2.24) is 5.32 Å². The number of benzene rings is 1. The lowest BCUT2D eigenvalue weighted by atomic mass is 10.1. The summed E-state index contributed by atoms with van der Waals surface area (Å²) >= 11 is 3.58. The Kier molecular flexibility index (Phi) is 8.19. The molecule has 0 aliphatic heterocycles. The van der Waals surface area contributed by atoms with Crippen LogP contribution in [-0.2, 0) is 11.3 Å². The van der Waals surface area contributed by atoms with Crippen LogP contribution in [-0.4, -0.2) is 33.4 Å². The fraction of sp³-hybridized carbons (Fsp3) is 0.625. The average molecular weight is 343 g/mol. The molecule has 0 heterocycles. The van der Waals surface area contributed by atoms with Crippen LogP contribution in [0.4, 0.5) is 5.69 Å². The number of hydrogen-bond donors (Lipinski definition) is 1. The van der Waals surface area contributed by atoms with Gasteiger partial charge in [-0.05, 0) is 31.0 Å². The molecule has 4 heteroatoms. The first kappa shape index (κ1) is 17.5. The van der Waals surface area contributed by atoms with Gasteiger partial charge in [-0.25, -0.2) is 0 Å². The molecule has 0 bridgehead atoms. The Balaban J connectivity index is 2.78. The zero-order valence-corrected chi connectivity index (χ0v) is 14.7. The summed E-state index contributed by atoms with van der Waals surface area (Å²) in [7, 11) is 3.91. The SMILES string of the molecule is CCCC(C)N(C)c1cc(Br)ccc1CNCCOC. The number of nitrogens with one attached hydrogen (secondary N) is 1. The quantitative estimate of drug-likeness (QED) is 0.690. The number of nitrogens with zero attached hydrogens (tertiary/aromatic N) is 1. The third kappa shape index (κ3) is 5.43. The van der Waals surface area contributed by atoms with Crippen molar-refractivity contribution in [2.24, 2.45) is 0 Å². The van der Waals surface area contributed by atoms with E-state index in [1.807, 2.05) is 0 Å². The molecule has 0 fully saturated rings. The van der Waals surface area contributed by atoms with E-state index in [0.29, 0.717) is 6.04 Å². The minimum absolute atomic E-state index is 0.548. The highest BCUT2D eigenvalue weighted by atomic mass is 79.9. The Labute approximate surface area is 131 Å². The van der Waals surface area contributed by atoms with Gasteiger partial charge >= 0.3 is 0 Å². The summed E-state index contributed by atoms with van der Waals surface area (Å²) in [6.45, 7) is 7.01. The number of anilines is 1. The first-order valence-electron chi connectivity index (χ1n) is 7.31. The Morgan fingerprint density at radius 2 is 2.15 bits per heavy atom. The molecule has 0 radical (unpaired) electrons. The van der Waals surface area contributed by atoms with Crippen LogP contribution in [0.15, 0.2) is 22.7 Å². The minimum Gasteiger partial charge on any atom is -0.383 e. The fourth-order valence-corrected chi connectivity index (χ4v) is 2.61. The lowest BCUT2D eigenvalue weighted by molar-refractivity contribution is 0.199. The molecule has 1 rings (SSSR count). The van der Waals surface area contributed by atoms with Crippen LogP contribution in [0.1, 0.15) is 32.3 Å². The summed E-state index contributed by atoms with van der Waals surface area (Å²) in [6.07, 6.45) is 2.42. The summed E-state index contributed by atoms with van der Waals surface area (Å²) in [5, 5.41) is 3.42. The lowest BCUT2D eigenvalue weighted by Crippen LogP contribution is -2.30. The molecule has 114 valence electrons. The molecule has 1 N–H and O–H groups in total. The number of halogens is 1. The maximum atomic E-state index is 5.07. The first-order valence-corrected chi connectivity index (χ1v) is 8.10. The van der Waals surface area contributed by atoms with Crippen LogP contribution in [0.3, 0.4) is 0 Å². The van der Waals surface area contributed by atoms with Crippen molar-refractivity contribution < 1.29 is 4.74 Å². The third-order valence-electron chi connectivity index (χ3n) is 3.59. The van der Waals surface area contributed by atoms with Gasteiger partial charge in [0.05, 0.1) is 6.61 Å². The zero-order valence-electron chi connectivity index (χ0n) is 13.1. The van der Waals surface area contributed by atoms with Crippen LogP contribution in [0.25, 0.3) is 0 Å². The van der Waals surface area contributed by atoms with Crippen molar-refractivity contribution in [2.45, 2.75) is 39.3 Å². The van der Waals surface area contributed by atoms with Gasteiger partial charge in [0.1, 0.15) is 0 Å². The second-order valence-electron chi connectivity index (χ2n) is 5.19. The molecule has 20 heavy (non-hydrogen) atoms. The molecule has 0 saturated heterocycles. The van der Waals surface area contributed by atoms with E-state index in [4.69, 9.17) is 4.74 Å². The maximum Gasteiger partial charge on any atom is 0.0587 e. The zero-order chi connectivity index (χ0) is 15.0. The molecule has 3 nitrogen and oxygen atoms in total. The highest BCUT2D eigenvalue weighted by molar-refractivity contribution is 9.10. The van der Waals surface area contributed by atoms with Gasteiger partial charge in [0.15, 0.2) is 0 Å². The molecule has 1 unspecified atom stereocenters. The molecular weight excluding hydrogens is 316 g/mol. The second kappa shape index (κ2) is 9.37. The standard InChI is InChI=1S/C16H27BrN2O/c1-5-6-13(2)19(3)16-11-15(17)8-7-14(16)12-18-9-10-20-4/h7-8,11,13,18H,5-6,9-10,12H2,1-4H3. The van der Waals surface area contributed by atoms with Crippen molar-refractivity contribution in [1.29, 1.82) is 0 Å². The molecular formula is C16H27BrN2O. The fourth-order valence-electron chi connectivity index (χ4n) is 2.26. The van der Waals surface area contributed by atoms with E-state index in [1.54, 1.807) is 7.11 Å². The van der Waals surface area contributed by atoms with E-state index in [0.717, 1.165) is 24.2 Å². The van der Waals surface area contributed by atoms with E-state index in [2.05, 4.69) is 65.2 Å². The van der Waals surface area contributed by atoms with Crippen LogP contribution in [0.5, 0.6) is 0 Å². The van der Waals surface area contributed by atoms with Crippen molar-refractivity contribution in [3.63, 3.8) is 0 Å². The van der Waals surface area contributed by atoms with Gasteiger partial charge < -0.3 is 15.0 Å². The van der Waals surface area contributed by atoms with Crippen molar-refractivity contribution in [3.8, 4) is 0 Å².